The minimum absolute atomic E-state index is 0.130. The molecule has 0 N–H and O–H groups in total. The van der Waals surface area contributed by atoms with E-state index in [4.69, 9.17) is 9.72 Å². The molecule has 3 heteroatoms. The fourth-order valence-corrected chi connectivity index (χ4v) is 6.07. The van der Waals surface area contributed by atoms with Crippen molar-refractivity contribution in [3.05, 3.63) is 82.5 Å². The zero-order valence-corrected chi connectivity index (χ0v) is 24.4. The zero-order chi connectivity index (χ0) is 26.9. The van der Waals surface area contributed by atoms with E-state index in [0.29, 0.717) is 6.04 Å². The largest absolute Gasteiger partial charge is 0.491 e. The molecule has 1 atom stereocenters. The number of aromatic nitrogens is 1. The van der Waals surface area contributed by atoms with E-state index in [1.54, 1.807) is 0 Å². The van der Waals surface area contributed by atoms with Crippen molar-refractivity contribution in [3.8, 4) is 17.0 Å². The Morgan fingerprint density at radius 1 is 0.947 bits per heavy atom. The maximum Gasteiger partial charge on any atom is 0.128 e. The van der Waals surface area contributed by atoms with Crippen molar-refractivity contribution in [2.75, 3.05) is 6.54 Å². The van der Waals surface area contributed by atoms with Crippen LogP contribution in [0.3, 0.4) is 0 Å². The molecule has 3 aromatic rings. The van der Waals surface area contributed by atoms with Gasteiger partial charge in [-0.15, -0.1) is 0 Å². The molecule has 38 heavy (non-hydrogen) atoms. The Morgan fingerprint density at radius 2 is 1.68 bits per heavy atom. The Morgan fingerprint density at radius 3 is 2.37 bits per heavy atom. The maximum absolute atomic E-state index is 6.49. The quantitative estimate of drug-likeness (QED) is 0.227. The van der Waals surface area contributed by atoms with Crippen molar-refractivity contribution in [2.45, 2.75) is 111 Å². The van der Waals surface area contributed by atoms with Gasteiger partial charge in [0.1, 0.15) is 5.75 Å². The standard InChI is InChI=1S/C35H48N2O/c1-6-29-19-15-20-30(7-2)35(29)33-24-34(38-26(3)4)32(27(5)36-33)25-37-23-14-13-22-31(37)21-12-11-18-28-16-9-8-10-17-28/h8-10,15-17,19-20,24,26,31H,6-7,11-14,18,21-23,25H2,1-5H3. The first-order chi connectivity index (χ1) is 18.5. The van der Waals surface area contributed by atoms with Crippen LogP contribution in [0.4, 0.5) is 0 Å². The van der Waals surface area contributed by atoms with Crippen molar-refractivity contribution in [1.82, 2.24) is 9.88 Å². The molecule has 1 saturated heterocycles. The molecular formula is C35H48N2O. The second kappa shape index (κ2) is 13.9. The number of hydrogen-bond acceptors (Lipinski definition) is 3. The smallest absolute Gasteiger partial charge is 0.128 e. The topological polar surface area (TPSA) is 25.4 Å². The third-order valence-corrected chi connectivity index (χ3v) is 8.11. The van der Waals surface area contributed by atoms with E-state index < -0.39 is 0 Å². The van der Waals surface area contributed by atoms with Crippen LogP contribution >= 0.6 is 0 Å². The molecule has 0 amide bonds. The molecule has 4 rings (SSSR count). The molecule has 204 valence electrons. The molecular weight excluding hydrogens is 464 g/mol. The van der Waals surface area contributed by atoms with E-state index in [1.807, 2.05) is 0 Å². The van der Waals surface area contributed by atoms with Crippen LogP contribution < -0.4 is 4.74 Å². The summed E-state index contributed by atoms with van der Waals surface area (Å²) < 4.78 is 6.49. The number of rotatable bonds is 12. The number of likely N-dealkylation sites (tertiary alicyclic amines) is 1. The van der Waals surface area contributed by atoms with E-state index in [2.05, 4.69) is 94.1 Å². The molecule has 2 aromatic carbocycles. The van der Waals surface area contributed by atoms with Crippen LogP contribution in [0.5, 0.6) is 5.75 Å². The SMILES string of the molecule is CCc1cccc(CC)c1-c1cc(OC(C)C)c(CN2CCCCC2CCCCc2ccccc2)c(C)n1. The van der Waals surface area contributed by atoms with E-state index in [-0.39, 0.29) is 6.10 Å². The Kier molecular flexibility index (Phi) is 10.4. The second-order valence-corrected chi connectivity index (χ2v) is 11.2. The Labute approximate surface area is 231 Å². The molecule has 1 unspecified atom stereocenters. The van der Waals surface area contributed by atoms with Crippen LogP contribution in [-0.4, -0.2) is 28.6 Å². The van der Waals surface area contributed by atoms with E-state index in [9.17, 15) is 0 Å². The molecule has 1 aliphatic rings. The van der Waals surface area contributed by atoms with Crippen LogP contribution in [0.15, 0.2) is 54.6 Å². The summed E-state index contributed by atoms with van der Waals surface area (Å²) in [6.45, 7) is 13.0. The Balaban J connectivity index is 1.54. The number of hydrogen-bond donors (Lipinski definition) is 0. The highest BCUT2D eigenvalue weighted by molar-refractivity contribution is 5.70. The van der Waals surface area contributed by atoms with Gasteiger partial charge in [-0.3, -0.25) is 9.88 Å². The minimum atomic E-state index is 0.130. The van der Waals surface area contributed by atoms with Gasteiger partial charge < -0.3 is 4.74 Å². The number of aryl methyl sites for hydroxylation is 4. The van der Waals surface area contributed by atoms with E-state index in [1.165, 1.54) is 79.3 Å². The first-order valence-corrected chi connectivity index (χ1v) is 15.1. The van der Waals surface area contributed by atoms with Gasteiger partial charge in [0.25, 0.3) is 0 Å². The fraction of sp³-hybridized carbons (Fsp3) is 0.514. The summed E-state index contributed by atoms with van der Waals surface area (Å²) in [6, 6.07) is 20.5. The molecule has 0 spiro atoms. The molecule has 1 fully saturated rings. The molecule has 1 aliphatic heterocycles. The number of pyridine rings is 1. The summed E-state index contributed by atoms with van der Waals surface area (Å²) in [5.74, 6) is 1.02. The molecule has 3 nitrogen and oxygen atoms in total. The second-order valence-electron chi connectivity index (χ2n) is 11.2. The van der Waals surface area contributed by atoms with E-state index >= 15 is 0 Å². The highest BCUT2D eigenvalue weighted by Gasteiger charge is 2.25. The average Bonchev–Trinajstić information content (AvgIpc) is 2.93. The lowest BCUT2D eigenvalue weighted by Crippen LogP contribution is -2.39. The van der Waals surface area contributed by atoms with Crippen LogP contribution in [0.2, 0.25) is 0 Å². The van der Waals surface area contributed by atoms with Crippen LogP contribution in [0, 0.1) is 6.92 Å². The third-order valence-electron chi connectivity index (χ3n) is 8.11. The monoisotopic (exact) mass is 512 g/mol. The number of piperidine rings is 1. The fourth-order valence-electron chi connectivity index (χ4n) is 6.07. The number of unbranched alkanes of at least 4 members (excludes halogenated alkanes) is 1. The summed E-state index contributed by atoms with van der Waals surface area (Å²) in [4.78, 5) is 7.94. The van der Waals surface area contributed by atoms with Gasteiger partial charge in [0, 0.05) is 35.5 Å². The van der Waals surface area contributed by atoms with Crippen molar-refractivity contribution in [2.24, 2.45) is 0 Å². The minimum Gasteiger partial charge on any atom is -0.491 e. The molecule has 1 aromatic heterocycles. The average molecular weight is 513 g/mol. The molecule has 0 aliphatic carbocycles. The lowest BCUT2D eigenvalue weighted by Gasteiger charge is -2.36. The molecule has 2 heterocycles. The summed E-state index contributed by atoms with van der Waals surface area (Å²) in [5.41, 5.74) is 8.94. The first-order valence-electron chi connectivity index (χ1n) is 15.1. The highest BCUT2D eigenvalue weighted by Crippen LogP contribution is 2.35. The van der Waals surface area contributed by atoms with Gasteiger partial charge >= 0.3 is 0 Å². The summed E-state index contributed by atoms with van der Waals surface area (Å²) >= 11 is 0. The van der Waals surface area contributed by atoms with Gasteiger partial charge in [-0.05, 0) is 89.0 Å². The summed E-state index contributed by atoms with van der Waals surface area (Å²) in [7, 11) is 0. The zero-order valence-electron chi connectivity index (χ0n) is 24.4. The molecule has 0 radical (unpaired) electrons. The maximum atomic E-state index is 6.49. The van der Waals surface area contributed by atoms with Crippen molar-refractivity contribution < 1.29 is 4.74 Å². The van der Waals surface area contributed by atoms with Crippen LogP contribution in [0.1, 0.15) is 94.2 Å². The van der Waals surface area contributed by atoms with Crippen molar-refractivity contribution >= 4 is 0 Å². The predicted molar refractivity (Wildman–Crippen MR) is 161 cm³/mol. The Hall–Kier alpha value is -2.65. The normalized spacial score (nSPS) is 16.2. The highest BCUT2D eigenvalue weighted by atomic mass is 16.5. The number of benzene rings is 2. The van der Waals surface area contributed by atoms with Crippen molar-refractivity contribution in [3.63, 3.8) is 0 Å². The first kappa shape index (κ1) is 28.4. The van der Waals surface area contributed by atoms with Crippen molar-refractivity contribution in [1.29, 1.82) is 0 Å². The summed E-state index contributed by atoms with van der Waals surface area (Å²) in [5, 5.41) is 0. The van der Waals surface area contributed by atoms with Gasteiger partial charge in [-0.2, -0.15) is 0 Å². The number of nitrogens with zero attached hydrogens (tertiary/aromatic N) is 2. The summed E-state index contributed by atoms with van der Waals surface area (Å²) in [6.07, 6.45) is 11.1. The van der Waals surface area contributed by atoms with Gasteiger partial charge in [-0.1, -0.05) is 75.2 Å². The van der Waals surface area contributed by atoms with Gasteiger partial charge in [0.2, 0.25) is 0 Å². The molecule has 0 saturated carbocycles. The molecule has 0 bridgehead atoms. The lowest BCUT2D eigenvalue weighted by atomic mass is 9.93. The predicted octanol–water partition coefficient (Wildman–Crippen LogP) is 8.74. The van der Waals surface area contributed by atoms with Gasteiger partial charge in [0.15, 0.2) is 0 Å². The third kappa shape index (κ3) is 7.26. The van der Waals surface area contributed by atoms with Gasteiger partial charge in [0.05, 0.1) is 11.8 Å². The van der Waals surface area contributed by atoms with Crippen LogP contribution in [-0.2, 0) is 25.8 Å². The number of ether oxygens (including phenoxy) is 1. The lowest BCUT2D eigenvalue weighted by molar-refractivity contribution is 0.126. The van der Waals surface area contributed by atoms with Crippen LogP contribution in [0.25, 0.3) is 11.3 Å². The Bertz CT molecular complexity index is 1130. The van der Waals surface area contributed by atoms with E-state index in [0.717, 1.165) is 36.5 Å². The van der Waals surface area contributed by atoms with Gasteiger partial charge in [-0.25, -0.2) is 0 Å².